The van der Waals surface area contributed by atoms with Crippen LogP contribution in [0.25, 0.3) is 0 Å². The number of allylic oxidation sites excluding steroid dienone is 1. The minimum atomic E-state index is -1.17. The lowest BCUT2D eigenvalue weighted by Gasteiger charge is -1.93. The molecule has 0 aliphatic heterocycles. The van der Waals surface area contributed by atoms with Crippen LogP contribution < -0.4 is 0 Å². The van der Waals surface area contributed by atoms with E-state index >= 15 is 0 Å². The zero-order valence-electron chi connectivity index (χ0n) is 4.88. The summed E-state index contributed by atoms with van der Waals surface area (Å²) in [6, 6.07) is 3.22. The summed E-state index contributed by atoms with van der Waals surface area (Å²) >= 11 is 0. The molecule has 0 fully saturated rings. The van der Waals surface area contributed by atoms with Gasteiger partial charge in [0, 0.05) is 0 Å². The summed E-state index contributed by atoms with van der Waals surface area (Å²) in [4.78, 5) is 0. The van der Waals surface area contributed by atoms with Crippen molar-refractivity contribution >= 4 is 0 Å². The lowest BCUT2D eigenvalue weighted by atomic mass is 10.3. The maximum atomic E-state index is 12.5. The van der Waals surface area contributed by atoms with E-state index in [-0.39, 0.29) is 0 Å². The van der Waals surface area contributed by atoms with Crippen LogP contribution in [0, 0.1) is 0 Å². The summed E-state index contributed by atoms with van der Waals surface area (Å²) in [5, 5.41) is 0. The van der Waals surface area contributed by atoms with Gasteiger partial charge in [0.25, 0.3) is 0 Å². The highest BCUT2D eigenvalue weighted by atomic mass is 19.1. The second-order valence-electron chi connectivity index (χ2n) is 1.65. The highest BCUT2D eigenvalue weighted by Crippen LogP contribution is 2.17. The average Bonchev–Trinajstić information content (AvgIpc) is 2.37. The molecule has 1 nitrogen and oxygen atoms in total. The Balaban J connectivity index is 2.76. The summed E-state index contributed by atoms with van der Waals surface area (Å²) in [6.07, 6.45) is 1.46. The third kappa shape index (κ3) is 1.19. The van der Waals surface area contributed by atoms with Crippen LogP contribution >= 0.6 is 0 Å². The Morgan fingerprint density at radius 1 is 1.78 bits per heavy atom. The largest absolute Gasteiger partial charge is 0.466 e. The molecule has 0 saturated heterocycles. The third-order valence-corrected chi connectivity index (χ3v) is 1.02. The maximum Gasteiger partial charge on any atom is 0.175 e. The maximum absolute atomic E-state index is 12.5. The standard InChI is InChI=1S/C7H7FO/c1-2-6(8)7-4-3-5-9-7/h2-6H,1H2. The van der Waals surface area contributed by atoms with Crippen molar-refractivity contribution in [3.05, 3.63) is 36.8 Å². The second kappa shape index (κ2) is 2.49. The molecule has 0 aliphatic carbocycles. The second-order valence-corrected chi connectivity index (χ2v) is 1.65. The van der Waals surface area contributed by atoms with Crippen LogP contribution in [0.1, 0.15) is 11.9 Å². The van der Waals surface area contributed by atoms with Gasteiger partial charge >= 0.3 is 0 Å². The fraction of sp³-hybridized carbons (Fsp3) is 0.143. The minimum absolute atomic E-state index is 0.310. The summed E-state index contributed by atoms with van der Waals surface area (Å²) in [5.41, 5.74) is 0. The van der Waals surface area contributed by atoms with E-state index in [2.05, 4.69) is 6.58 Å². The van der Waals surface area contributed by atoms with Crippen LogP contribution in [-0.4, -0.2) is 0 Å². The number of furan rings is 1. The van der Waals surface area contributed by atoms with E-state index in [1.54, 1.807) is 12.1 Å². The number of halogens is 1. The van der Waals surface area contributed by atoms with E-state index in [0.717, 1.165) is 0 Å². The lowest BCUT2D eigenvalue weighted by Crippen LogP contribution is -1.79. The van der Waals surface area contributed by atoms with Gasteiger partial charge < -0.3 is 4.42 Å². The van der Waals surface area contributed by atoms with E-state index in [4.69, 9.17) is 4.42 Å². The fourth-order valence-electron chi connectivity index (χ4n) is 0.564. The van der Waals surface area contributed by atoms with Gasteiger partial charge in [0.15, 0.2) is 6.17 Å². The molecule has 2 heteroatoms. The molecule has 1 rings (SSSR count). The molecule has 48 valence electrons. The Morgan fingerprint density at radius 3 is 3.00 bits per heavy atom. The van der Waals surface area contributed by atoms with E-state index in [9.17, 15) is 4.39 Å². The molecule has 0 spiro atoms. The Morgan fingerprint density at radius 2 is 2.56 bits per heavy atom. The molecule has 0 amide bonds. The van der Waals surface area contributed by atoms with Crippen molar-refractivity contribution in [2.24, 2.45) is 0 Å². The SMILES string of the molecule is C=CC(F)c1ccco1. The first kappa shape index (κ1) is 6.08. The Hall–Kier alpha value is -1.05. The first-order valence-electron chi connectivity index (χ1n) is 2.64. The molecular weight excluding hydrogens is 119 g/mol. The topological polar surface area (TPSA) is 13.1 Å². The quantitative estimate of drug-likeness (QED) is 0.555. The number of hydrogen-bond acceptors (Lipinski definition) is 1. The highest BCUT2D eigenvalue weighted by molar-refractivity contribution is 5.06. The van der Waals surface area contributed by atoms with Crippen molar-refractivity contribution in [3.63, 3.8) is 0 Å². The molecule has 1 unspecified atom stereocenters. The van der Waals surface area contributed by atoms with Crippen molar-refractivity contribution in [1.82, 2.24) is 0 Å². The number of hydrogen-bond donors (Lipinski definition) is 0. The van der Waals surface area contributed by atoms with Crippen molar-refractivity contribution in [2.45, 2.75) is 6.17 Å². The van der Waals surface area contributed by atoms with Gasteiger partial charge in [-0.15, -0.1) is 0 Å². The Bertz CT molecular complexity index is 179. The van der Waals surface area contributed by atoms with Gasteiger partial charge in [-0.05, 0) is 12.1 Å². The van der Waals surface area contributed by atoms with Gasteiger partial charge in [0.2, 0.25) is 0 Å². The summed E-state index contributed by atoms with van der Waals surface area (Å²) in [6.45, 7) is 3.28. The van der Waals surface area contributed by atoms with E-state index in [1.807, 2.05) is 0 Å². The van der Waals surface area contributed by atoms with E-state index in [1.165, 1.54) is 12.3 Å². The Labute approximate surface area is 52.8 Å². The van der Waals surface area contributed by atoms with Crippen LogP contribution in [0.2, 0.25) is 0 Å². The van der Waals surface area contributed by atoms with Gasteiger partial charge in [-0.2, -0.15) is 0 Å². The molecule has 0 aromatic carbocycles. The molecule has 9 heavy (non-hydrogen) atoms. The third-order valence-electron chi connectivity index (χ3n) is 1.02. The zero-order chi connectivity index (χ0) is 6.69. The molecule has 0 N–H and O–H groups in total. The van der Waals surface area contributed by atoms with Gasteiger partial charge in [-0.3, -0.25) is 0 Å². The van der Waals surface area contributed by atoms with Gasteiger partial charge in [0.05, 0.1) is 6.26 Å². The predicted molar refractivity (Wildman–Crippen MR) is 32.8 cm³/mol. The first-order chi connectivity index (χ1) is 4.34. The normalized spacial score (nSPS) is 13.0. The zero-order valence-corrected chi connectivity index (χ0v) is 4.88. The molecule has 1 heterocycles. The minimum Gasteiger partial charge on any atom is -0.466 e. The average molecular weight is 126 g/mol. The van der Waals surface area contributed by atoms with Gasteiger partial charge in [0.1, 0.15) is 5.76 Å². The number of alkyl halides is 1. The summed E-state index contributed by atoms with van der Waals surface area (Å²) in [7, 11) is 0. The molecule has 1 aromatic heterocycles. The Kier molecular flexibility index (Phi) is 1.68. The molecule has 0 aliphatic rings. The van der Waals surface area contributed by atoms with Crippen LogP contribution in [0.15, 0.2) is 35.5 Å². The molecule has 1 aromatic rings. The van der Waals surface area contributed by atoms with Crippen molar-refractivity contribution in [3.8, 4) is 0 Å². The molecule has 0 saturated carbocycles. The van der Waals surface area contributed by atoms with Crippen LogP contribution in [0.4, 0.5) is 4.39 Å². The highest BCUT2D eigenvalue weighted by Gasteiger charge is 2.05. The molecule has 0 radical (unpaired) electrons. The van der Waals surface area contributed by atoms with Crippen molar-refractivity contribution in [1.29, 1.82) is 0 Å². The number of rotatable bonds is 2. The lowest BCUT2D eigenvalue weighted by molar-refractivity contribution is 0.342. The summed E-state index contributed by atoms with van der Waals surface area (Å²) in [5.74, 6) is 0.310. The van der Waals surface area contributed by atoms with Crippen molar-refractivity contribution in [2.75, 3.05) is 0 Å². The smallest absolute Gasteiger partial charge is 0.175 e. The molecule has 0 bridgehead atoms. The first-order valence-corrected chi connectivity index (χ1v) is 2.64. The molecule has 1 atom stereocenters. The van der Waals surface area contributed by atoms with Crippen LogP contribution in [0.3, 0.4) is 0 Å². The van der Waals surface area contributed by atoms with Gasteiger partial charge in [-0.25, -0.2) is 4.39 Å². The van der Waals surface area contributed by atoms with E-state index < -0.39 is 6.17 Å². The fourth-order valence-corrected chi connectivity index (χ4v) is 0.564. The van der Waals surface area contributed by atoms with Gasteiger partial charge in [-0.1, -0.05) is 12.7 Å². The van der Waals surface area contributed by atoms with Crippen LogP contribution in [-0.2, 0) is 0 Å². The predicted octanol–water partition coefficient (Wildman–Crippen LogP) is 2.48. The monoisotopic (exact) mass is 126 g/mol. The molecular formula is C7H7FO. The van der Waals surface area contributed by atoms with Crippen molar-refractivity contribution < 1.29 is 8.81 Å². The van der Waals surface area contributed by atoms with Crippen LogP contribution in [0.5, 0.6) is 0 Å². The van der Waals surface area contributed by atoms with E-state index in [0.29, 0.717) is 5.76 Å². The summed E-state index contributed by atoms with van der Waals surface area (Å²) < 4.78 is 17.2.